The van der Waals surface area contributed by atoms with E-state index in [4.69, 9.17) is 9.47 Å². The molecular formula is C18H22N4O5. The summed E-state index contributed by atoms with van der Waals surface area (Å²) in [7, 11) is 1.30. The number of nitrogens with one attached hydrogen (secondary N) is 1. The Morgan fingerprint density at radius 1 is 1.22 bits per heavy atom. The van der Waals surface area contributed by atoms with Gasteiger partial charge in [-0.3, -0.25) is 9.69 Å². The van der Waals surface area contributed by atoms with Gasteiger partial charge < -0.3 is 19.4 Å². The van der Waals surface area contributed by atoms with E-state index in [9.17, 15) is 14.4 Å². The molecule has 1 aromatic carbocycles. The smallest absolute Gasteiger partial charge is 0.409 e. The molecule has 2 heterocycles. The normalized spacial score (nSPS) is 15.0. The van der Waals surface area contributed by atoms with Crippen LogP contribution in [0, 0.1) is 0 Å². The second-order valence-electron chi connectivity index (χ2n) is 6.20. The van der Waals surface area contributed by atoms with Crippen LogP contribution in [-0.4, -0.2) is 71.7 Å². The van der Waals surface area contributed by atoms with Crippen molar-refractivity contribution in [3.63, 3.8) is 0 Å². The van der Waals surface area contributed by atoms with Crippen LogP contribution in [0.3, 0.4) is 0 Å². The topological polar surface area (TPSA) is 105 Å². The molecule has 3 rings (SSSR count). The van der Waals surface area contributed by atoms with Gasteiger partial charge in [0.1, 0.15) is 5.82 Å². The SMILES string of the molecule is CCOC(=O)N1CCN(Cc2nc3cc(C(=O)OC)ccc3c(=O)[nH]2)CC1. The van der Waals surface area contributed by atoms with Crippen molar-refractivity contribution in [3.8, 4) is 0 Å². The minimum Gasteiger partial charge on any atom is -0.465 e. The molecule has 0 spiro atoms. The summed E-state index contributed by atoms with van der Waals surface area (Å²) < 4.78 is 9.72. The lowest BCUT2D eigenvalue weighted by molar-refractivity contribution is 0.0600. The van der Waals surface area contributed by atoms with Crippen molar-refractivity contribution in [2.24, 2.45) is 0 Å². The zero-order valence-electron chi connectivity index (χ0n) is 15.4. The number of carbonyl (C=O) groups excluding carboxylic acids is 2. The van der Waals surface area contributed by atoms with E-state index in [1.807, 2.05) is 0 Å². The van der Waals surface area contributed by atoms with E-state index >= 15 is 0 Å². The Bertz CT molecular complexity index is 902. The summed E-state index contributed by atoms with van der Waals surface area (Å²) in [5, 5.41) is 0.415. The third kappa shape index (κ3) is 4.25. The number of piperazine rings is 1. The summed E-state index contributed by atoms with van der Waals surface area (Å²) in [5.41, 5.74) is 0.537. The van der Waals surface area contributed by atoms with Crippen LogP contribution in [0.4, 0.5) is 4.79 Å². The Morgan fingerprint density at radius 2 is 1.96 bits per heavy atom. The highest BCUT2D eigenvalue weighted by Crippen LogP contribution is 2.13. The van der Waals surface area contributed by atoms with Crippen molar-refractivity contribution in [2.75, 3.05) is 39.9 Å². The predicted octanol–water partition coefficient (Wildman–Crippen LogP) is 0.984. The third-order valence-corrected chi connectivity index (χ3v) is 4.45. The second-order valence-corrected chi connectivity index (χ2v) is 6.20. The summed E-state index contributed by atoms with van der Waals surface area (Å²) in [6, 6.07) is 4.66. The maximum atomic E-state index is 12.3. The lowest BCUT2D eigenvalue weighted by atomic mass is 10.1. The van der Waals surface area contributed by atoms with Crippen LogP contribution in [0.15, 0.2) is 23.0 Å². The minimum atomic E-state index is -0.476. The Hall–Kier alpha value is -2.94. The van der Waals surface area contributed by atoms with Crippen LogP contribution in [0.25, 0.3) is 10.9 Å². The number of carbonyl (C=O) groups is 2. The number of nitrogens with zero attached hydrogens (tertiary/aromatic N) is 3. The van der Waals surface area contributed by atoms with Crippen molar-refractivity contribution in [2.45, 2.75) is 13.5 Å². The number of amides is 1. The molecule has 0 saturated carbocycles. The largest absolute Gasteiger partial charge is 0.465 e. The number of ether oxygens (including phenoxy) is 2. The van der Waals surface area contributed by atoms with E-state index in [1.54, 1.807) is 30.0 Å². The zero-order valence-corrected chi connectivity index (χ0v) is 15.4. The Kier molecular flexibility index (Phi) is 5.70. The average molecular weight is 374 g/mol. The number of esters is 1. The van der Waals surface area contributed by atoms with Gasteiger partial charge in [-0.25, -0.2) is 14.6 Å². The molecule has 27 heavy (non-hydrogen) atoms. The van der Waals surface area contributed by atoms with Crippen molar-refractivity contribution < 1.29 is 19.1 Å². The van der Waals surface area contributed by atoms with Crippen LogP contribution in [0.2, 0.25) is 0 Å². The molecule has 0 unspecified atom stereocenters. The standard InChI is InChI=1S/C18H22N4O5/c1-3-27-18(25)22-8-6-21(7-9-22)11-15-19-14-10-12(17(24)26-2)4-5-13(14)16(23)20-15/h4-5,10H,3,6-9,11H2,1-2H3,(H,19,20,23). The van der Waals surface area contributed by atoms with Crippen LogP contribution in [-0.2, 0) is 16.0 Å². The fourth-order valence-electron chi connectivity index (χ4n) is 3.02. The molecule has 1 aromatic heterocycles. The van der Waals surface area contributed by atoms with E-state index in [2.05, 4.69) is 14.9 Å². The molecule has 1 amide bonds. The van der Waals surface area contributed by atoms with Gasteiger partial charge in [0.2, 0.25) is 0 Å². The van der Waals surface area contributed by atoms with Crippen molar-refractivity contribution in [3.05, 3.63) is 39.9 Å². The third-order valence-electron chi connectivity index (χ3n) is 4.45. The summed E-state index contributed by atoms with van der Waals surface area (Å²) in [6.07, 6.45) is -0.301. The van der Waals surface area contributed by atoms with Gasteiger partial charge in [-0.2, -0.15) is 0 Å². The van der Waals surface area contributed by atoms with E-state index in [1.165, 1.54) is 7.11 Å². The van der Waals surface area contributed by atoms with Crippen LogP contribution in [0.1, 0.15) is 23.1 Å². The van der Waals surface area contributed by atoms with Gasteiger partial charge in [0.25, 0.3) is 5.56 Å². The summed E-state index contributed by atoms with van der Waals surface area (Å²) in [4.78, 5) is 46.8. The Balaban J connectivity index is 1.73. The first-order chi connectivity index (χ1) is 13.0. The number of hydrogen-bond acceptors (Lipinski definition) is 7. The molecule has 9 heteroatoms. The molecule has 2 aromatic rings. The maximum Gasteiger partial charge on any atom is 0.409 e. The van der Waals surface area contributed by atoms with Gasteiger partial charge in [0, 0.05) is 26.2 Å². The van der Waals surface area contributed by atoms with Gasteiger partial charge in [-0.15, -0.1) is 0 Å². The molecule has 0 aliphatic carbocycles. The molecule has 0 atom stereocenters. The first-order valence-corrected chi connectivity index (χ1v) is 8.77. The average Bonchev–Trinajstić information content (AvgIpc) is 2.67. The van der Waals surface area contributed by atoms with Gasteiger partial charge in [-0.05, 0) is 25.1 Å². The highest BCUT2D eigenvalue weighted by Gasteiger charge is 2.22. The molecule has 1 fully saturated rings. The molecule has 1 aliphatic rings. The molecule has 1 aliphatic heterocycles. The lowest BCUT2D eigenvalue weighted by Gasteiger charge is -2.33. The number of rotatable bonds is 4. The monoisotopic (exact) mass is 374 g/mol. The number of benzene rings is 1. The summed E-state index contributed by atoms with van der Waals surface area (Å²) in [5.74, 6) is 0.0368. The highest BCUT2D eigenvalue weighted by atomic mass is 16.6. The maximum absolute atomic E-state index is 12.3. The molecule has 1 N–H and O–H groups in total. The van der Waals surface area contributed by atoms with E-state index in [0.717, 1.165) is 0 Å². The molecule has 0 radical (unpaired) electrons. The summed E-state index contributed by atoms with van der Waals surface area (Å²) in [6.45, 7) is 5.01. The molecule has 9 nitrogen and oxygen atoms in total. The van der Waals surface area contributed by atoms with Gasteiger partial charge >= 0.3 is 12.1 Å². The fourth-order valence-corrected chi connectivity index (χ4v) is 3.02. The number of hydrogen-bond donors (Lipinski definition) is 1. The number of aromatic nitrogens is 2. The minimum absolute atomic E-state index is 0.253. The molecule has 144 valence electrons. The quantitative estimate of drug-likeness (QED) is 0.796. The number of aromatic amines is 1. The van der Waals surface area contributed by atoms with Crippen LogP contribution in [0.5, 0.6) is 0 Å². The van der Waals surface area contributed by atoms with Gasteiger partial charge in [0.05, 0.1) is 36.7 Å². The number of methoxy groups -OCH3 is 1. The highest BCUT2D eigenvalue weighted by molar-refractivity contribution is 5.93. The fraction of sp³-hybridized carbons (Fsp3) is 0.444. The number of H-pyrrole nitrogens is 1. The van der Waals surface area contributed by atoms with E-state index in [0.29, 0.717) is 61.6 Å². The lowest BCUT2D eigenvalue weighted by Crippen LogP contribution is -2.48. The van der Waals surface area contributed by atoms with Gasteiger partial charge in [-0.1, -0.05) is 0 Å². The summed E-state index contributed by atoms with van der Waals surface area (Å²) >= 11 is 0. The molecule has 0 bridgehead atoms. The number of fused-ring (bicyclic) bond motifs is 1. The molecular weight excluding hydrogens is 352 g/mol. The van der Waals surface area contributed by atoms with Gasteiger partial charge in [0.15, 0.2) is 0 Å². The zero-order chi connectivity index (χ0) is 19.4. The molecule has 1 saturated heterocycles. The van der Waals surface area contributed by atoms with Crippen LogP contribution < -0.4 is 5.56 Å². The van der Waals surface area contributed by atoms with Crippen molar-refractivity contribution >= 4 is 23.0 Å². The Morgan fingerprint density at radius 3 is 2.63 bits per heavy atom. The first-order valence-electron chi connectivity index (χ1n) is 8.77. The Labute approximate surface area is 155 Å². The predicted molar refractivity (Wildman–Crippen MR) is 97.6 cm³/mol. The van der Waals surface area contributed by atoms with Crippen molar-refractivity contribution in [1.29, 1.82) is 0 Å². The van der Waals surface area contributed by atoms with Crippen molar-refractivity contribution in [1.82, 2.24) is 19.8 Å². The first kappa shape index (κ1) is 18.8. The van der Waals surface area contributed by atoms with Crippen LogP contribution >= 0.6 is 0 Å². The van der Waals surface area contributed by atoms with E-state index < -0.39 is 5.97 Å². The van der Waals surface area contributed by atoms with E-state index in [-0.39, 0.29) is 11.7 Å². The second kappa shape index (κ2) is 8.17.